The van der Waals surface area contributed by atoms with E-state index in [1.807, 2.05) is 25.1 Å². The zero-order valence-corrected chi connectivity index (χ0v) is 12.8. The highest BCUT2D eigenvalue weighted by molar-refractivity contribution is 5.49. The number of rotatable bonds is 2. The summed E-state index contributed by atoms with van der Waals surface area (Å²) in [5.41, 5.74) is 10.7. The summed E-state index contributed by atoms with van der Waals surface area (Å²) in [6.45, 7) is 7.43. The molecule has 3 nitrogen and oxygen atoms in total. The van der Waals surface area contributed by atoms with Gasteiger partial charge in [0.15, 0.2) is 11.5 Å². The van der Waals surface area contributed by atoms with Crippen molar-refractivity contribution in [1.82, 2.24) is 0 Å². The second kappa shape index (κ2) is 5.08. The maximum Gasteiger partial charge on any atom is 0.161 e. The summed E-state index contributed by atoms with van der Waals surface area (Å²) >= 11 is 0. The first kappa shape index (κ1) is 14.0. The summed E-state index contributed by atoms with van der Waals surface area (Å²) in [5.74, 6) is 1.57. The van der Waals surface area contributed by atoms with Crippen LogP contribution in [-0.4, -0.2) is 13.2 Å². The van der Waals surface area contributed by atoms with Crippen molar-refractivity contribution in [3.63, 3.8) is 0 Å². The lowest BCUT2D eigenvalue weighted by atomic mass is 9.84. The number of nitrogens with two attached hydrogens (primary N) is 1. The van der Waals surface area contributed by atoms with Crippen molar-refractivity contribution in [3.8, 4) is 11.5 Å². The van der Waals surface area contributed by atoms with Crippen molar-refractivity contribution in [1.29, 1.82) is 0 Å². The Balaban J connectivity index is 2.02. The van der Waals surface area contributed by atoms with E-state index in [0.29, 0.717) is 13.2 Å². The van der Waals surface area contributed by atoms with E-state index in [-0.39, 0.29) is 0 Å². The van der Waals surface area contributed by atoms with Crippen molar-refractivity contribution in [2.45, 2.75) is 26.3 Å². The molecule has 21 heavy (non-hydrogen) atoms. The molecule has 0 aliphatic carbocycles. The predicted octanol–water partition coefficient (Wildman–Crippen LogP) is 3.30. The number of fused-ring (bicyclic) bond motifs is 1. The van der Waals surface area contributed by atoms with Crippen molar-refractivity contribution in [3.05, 3.63) is 58.7 Å². The molecular formula is C18H21NO2. The third-order valence-corrected chi connectivity index (χ3v) is 4.25. The topological polar surface area (TPSA) is 44.5 Å². The van der Waals surface area contributed by atoms with Crippen molar-refractivity contribution >= 4 is 0 Å². The number of aryl methyl sites for hydroxylation is 2. The van der Waals surface area contributed by atoms with Crippen LogP contribution in [0.1, 0.15) is 29.2 Å². The van der Waals surface area contributed by atoms with Crippen LogP contribution in [0, 0.1) is 13.8 Å². The number of hydrogen-bond donors (Lipinski definition) is 1. The third-order valence-electron chi connectivity index (χ3n) is 4.25. The van der Waals surface area contributed by atoms with Crippen LogP contribution >= 0.6 is 0 Å². The molecule has 110 valence electrons. The van der Waals surface area contributed by atoms with Crippen LogP contribution in [0.2, 0.25) is 0 Å². The molecule has 2 aromatic carbocycles. The van der Waals surface area contributed by atoms with Crippen molar-refractivity contribution in [2.24, 2.45) is 5.73 Å². The Morgan fingerprint density at radius 2 is 1.48 bits per heavy atom. The van der Waals surface area contributed by atoms with Gasteiger partial charge < -0.3 is 15.2 Å². The van der Waals surface area contributed by atoms with Crippen LogP contribution in [0.25, 0.3) is 0 Å². The maximum atomic E-state index is 6.62. The van der Waals surface area contributed by atoms with Crippen LogP contribution in [0.5, 0.6) is 11.5 Å². The maximum absolute atomic E-state index is 6.62. The summed E-state index contributed by atoms with van der Waals surface area (Å²) in [6.07, 6.45) is 0. The smallest absolute Gasteiger partial charge is 0.161 e. The fourth-order valence-electron chi connectivity index (χ4n) is 2.60. The minimum absolute atomic E-state index is 0.561. The van der Waals surface area contributed by atoms with Gasteiger partial charge in [-0.05, 0) is 55.2 Å². The number of benzene rings is 2. The molecule has 1 heterocycles. The summed E-state index contributed by atoms with van der Waals surface area (Å²) in [6, 6.07) is 12.3. The zero-order valence-electron chi connectivity index (χ0n) is 12.8. The summed E-state index contributed by atoms with van der Waals surface area (Å²) < 4.78 is 11.2. The first-order valence-electron chi connectivity index (χ1n) is 7.25. The molecular weight excluding hydrogens is 262 g/mol. The van der Waals surface area contributed by atoms with Gasteiger partial charge in [-0.2, -0.15) is 0 Å². The van der Waals surface area contributed by atoms with Gasteiger partial charge in [-0.1, -0.05) is 24.3 Å². The summed E-state index contributed by atoms with van der Waals surface area (Å²) in [5, 5.41) is 0. The average molecular weight is 283 g/mol. The Hall–Kier alpha value is -2.00. The molecule has 2 N–H and O–H groups in total. The molecule has 1 atom stereocenters. The van der Waals surface area contributed by atoms with E-state index in [1.165, 1.54) is 11.1 Å². The molecule has 0 spiro atoms. The fourth-order valence-corrected chi connectivity index (χ4v) is 2.60. The minimum atomic E-state index is -0.561. The normalized spacial score (nSPS) is 16.4. The van der Waals surface area contributed by atoms with E-state index in [1.54, 1.807) is 0 Å². The van der Waals surface area contributed by atoms with Gasteiger partial charge >= 0.3 is 0 Å². The molecule has 0 aromatic heterocycles. The molecule has 3 heteroatoms. The monoisotopic (exact) mass is 283 g/mol. The van der Waals surface area contributed by atoms with Gasteiger partial charge in [0.1, 0.15) is 13.2 Å². The molecule has 1 unspecified atom stereocenters. The van der Waals surface area contributed by atoms with E-state index in [0.717, 1.165) is 22.6 Å². The predicted molar refractivity (Wildman–Crippen MR) is 84.0 cm³/mol. The largest absolute Gasteiger partial charge is 0.486 e. The van der Waals surface area contributed by atoms with Crippen LogP contribution in [-0.2, 0) is 5.54 Å². The van der Waals surface area contributed by atoms with Crippen LogP contribution in [0.3, 0.4) is 0 Å². The summed E-state index contributed by atoms with van der Waals surface area (Å²) in [7, 11) is 0. The van der Waals surface area contributed by atoms with Gasteiger partial charge in [-0.25, -0.2) is 0 Å². The lowest BCUT2D eigenvalue weighted by Gasteiger charge is -2.28. The molecule has 3 rings (SSSR count). The van der Waals surface area contributed by atoms with E-state index in [2.05, 4.69) is 32.0 Å². The van der Waals surface area contributed by atoms with E-state index < -0.39 is 5.54 Å². The Bertz CT molecular complexity index is 677. The zero-order chi connectivity index (χ0) is 15.0. The first-order valence-corrected chi connectivity index (χ1v) is 7.25. The lowest BCUT2D eigenvalue weighted by molar-refractivity contribution is 0.171. The minimum Gasteiger partial charge on any atom is -0.486 e. The van der Waals surface area contributed by atoms with E-state index in [4.69, 9.17) is 15.2 Å². The number of ether oxygens (including phenoxy) is 2. The Labute approximate surface area is 125 Å². The van der Waals surface area contributed by atoms with Gasteiger partial charge in [0.2, 0.25) is 0 Å². The highest BCUT2D eigenvalue weighted by Gasteiger charge is 2.26. The van der Waals surface area contributed by atoms with Gasteiger partial charge in [0.05, 0.1) is 5.54 Å². The molecule has 0 amide bonds. The Morgan fingerprint density at radius 1 is 0.857 bits per heavy atom. The molecule has 0 saturated carbocycles. The second-order valence-corrected chi connectivity index (χ2v) is 5.86. The highest BCUT2D eigenvalue weighted by Crippen LogP contribution is 2.36. The van der Waals surface area contributed by atoms with E-state index >= 15 is 0 Å². The first-order chi connectivity index (χ1) is 9.98. The molecule has 0 saturated heterocycles. The SMILES string of the molecule is Cc1ccc(C(C)(N)c2ccc3c(c2)OCCO3)cc1C. The second-order valence-electron chi connectivity index (χ2n) is 5.86. The van der Waals surface area contributed by atoms with Crippen molar-refractivity contribution in [2.75, 3.05) is 13.2 Å². The molecule has 1 aliphatic rings. The molecule has 2 aromatic rings. The lowest BCUT2D eigenvalue weighted by Crippen LogP contribution is -2.34. The average Bonchev–Trinajstić information content (AvgIpc) is 2.49. The standard InChI is InChI=1S/C18H21NO2/c1-12-4-5-14(10-13(12)2)18(3,19)15-6-7-16-17(11-15)21-9-8-20-16/h4-7,10-11H,8-9,19H2,1-3H3. The summed E-state index contributed by atoms with van der Waals surface area (Å²) in [4.78, 5) is 0. The van der Waals surface area contributed by atoms with Gasteiger partial charge in [-0.15, -0.1) is 0 Å². The highest BCUT2D eigenvalue weighted by atomic mass is 16.6. The molecule has 0 radical (unpaired) electrons. The van der Waals surface area contributed by atoms with Gasteiger partial charge in [0.25, 0.3) is 0 Å². The molecule has 0 bridgehead atoms. The Kier molecular flexibility index (Phi) is 3.38. The van der Waals surface area contributed by atoms with Gasteiger partial charge in [-0.3, -0.25) is 0 Å². The molecule has 0 fully saturated rings. The van der Waals surface area contributed by atoms with Crippen LogP contribution < -0.4 is 15.2 Å². The van der Waals surface area contributed by atoms with Gasteiger partial charge in [0, 0.05) is 0 Å². The van der Waals surface area contributed by atoms with E-state index in [9.17, 15) is 0 Å². The fraction of sp³-hybridized carbons (Fsp3) is 0.333. The quantitative estimate of drug-likeness (QED) is 0.919. The van der Waals surface area contributed by atoms with Crippen LogP contribution in [0.15, 0.2) is 36.4 Å². The van der Waals surface area contributed by atoms with Crippen LogP contribution in [0.4, 0.5) is 0 Å². The Morgan fingerprint density at radius 3 is 2.19 bits per heavy atom. The molecule has 1 aliphatic heterocycles. The third kappa shape index (κ3) is 2.49. The van der Waals surface area contributed by atoms with Crippen molar-refractivity contribution < 1.29 is 9.47 Å². The number of hydrogen-bond acceptors (Lipinski definition) is 3.